The van der Waals surface area contributed by atoms with Gasteiger partial charge in [-0.15, -0.1) is 11.8 Å². The predicted molar refractivity (Wildman–Crippen MR) is 116 cm³/mol. The molecule has 0 aliphatic carbocycles. The van der Waals surface area contributed by atoms with Gasteiger partial charge >= 0.3 is 0 Å². The van der Waals surface area contributed by atoms with Gasteiger partial charge in [-0.05, 0) is 42.5 Å². The number of amides is 1. The Hall–Kier alpha value is -2.23. The van der Waals surface area contributed by atoms with Crippen LogP contribution in [0.25, 0.3) is 0 Å². The molecule has 0 N–H and O–H groups in total. The van der Waals surface area contributed by atoms with E-state index >= 15 is 0 Å². The minimum atomic E-state index is -3.76. The Kier molecular flexibility index (Phi) is 5.95. The van der Waals surface area contributed by atoms with Gasteiger partial charge in [0.25, 0.3) is 0 Å². The van der Waals surface area contributed by atoms with Crippen LogP contribution in [0, 0.1) is 0 Å². The van der Waals surface area contributed by atoms with E-state index in [0.717, 1.165) is 17.1 Å². The van der Waals surface area contributed by atoms with Crippen molar-refractivity contribution in [3.05, 3.63) is 42.5 Å². The summed E-state index contributed by atoms with van der Waals surface area (Å²) in [4.78, 5) is 14.8. The average Bonchev–Trinajstić information content (AvgIpc) is 2.95. The number of hydrogen-bond acceptors (Lipinski definition) is 6. The molecule has 2 aliphatic heterocycles. The Morgan fingerprint density at radius 2 is 2.00 bits per heavy atom. The van der Waals surface area contributed by atoms with Gasteiger partial charge in [0.05, 0.1) is 17.1 Å². The van der Waals surface area contributed by atoms with E-state index in [1.807, 2.05) is 18.2 Å². The standard InChI is InChI=1S/C21H24N2O5S2/c1-15(24)23-10-5-11-29-21-9-8-17(12-18(21)23)30(25,26)22(2)13-16-14-27-19-6-3-4-7-20(19)28-16/h3-4,6-9,12,16H,5,10-11,13-14H2,1-2H3/t16-/m0/s1. The third kappa shape index (κ3) is 4.14. The molecule has 7 nitrogen and oxygen atoms in total. The SMILES string of the molecule is CC(=O)N1CCCSc2ccc(S(=O)(=O)N(C)C[C@H]3COc4ccccc4O3)cc21. The van der Waals surface area contributed by atoms with Crippen LogP contribution in [0.5, 0.6) is 11.5 Å². The number of ether oxygens (including phenoxy) is 2. The Morgan fingerprint density at radius 3 is 2.77 bits per heavy atom. The lowest BCUT2D eigenvalue weighted by atomic mass is 10.2. The van der Waals surface area contributed by atoms with Crippen molar-refractivity contribution in [1.82, 2.24) is 4.31 Å². The van der Waals surface area contributed by atoms with Crippen LogP contribution in [0.15, 0.2) is 52.3 Å². The molecule has 2 aromatic carbocycles. The summed E-state index contributed by atoms with van der Waals surface area (Å²) in [5.74, 6) is 2.07. The number of sulfonamides is 1. The number of anilines is 1. The lowest BCUT2D eigenvalue weighted by molar-refractivity contribution is -0.116. The van der Waals surface area contributed by atoms with Crippen molar-refractivity contribution in [2.24, 2.45) is 0 Å². The number of para-hydroxylation sites is 2. The van der Waals surface area contributed by atoms with E-state index in [4.69, 9.17) is 9.47 Å². The predicted octanol–water partition coefficient (Wildman–Crippen LogP) is 3.00. The fourth-order valence-electron chi connectivity index (χ4n) is 3.56. The van der Waals surface area contributed by atoms with E-state index in [9.17, 15) is 13.2 Å². The summed E-state index contributed by atoms with van der Waals surface area (Å²) in [6, 6.07) is 12.3. The van der Waals surface area contributed by atoms with E-state index in [1.54, 1.807) is 40.9 Å². The van der Waals surface area contributed by atoms with Crippen molar-refractivity contribution in [3.63, 3.8) is 0 Å². The zero-order valence-corrected chi connectivity index (χ0v) is 18.5. The first kappa shape index (κ1) is 21.0. The summed E-state index contributed by atoms with van der Waals surface area (Å²) in [6.45, 7) is 2.52. The van der Waals surface area contributed by atoms with Crippen molar-refractivity contribution in [2.75, 3.05) is 37.4 Å². The Morgan fingerprint density at radius 1 is 1.23 bits per heavy atom. The largest absolute Gasteiger partial charge is 0.486 e. The molecular formula is C21H24N2O5S2. The average molecular weight is 449 g/mol. The molecule has 0 fully saturated rings. The van der Waals surface area contributed by atoms with Crippen molar-refractivity contribution >= 4 is 33.4 Å². The molecule has 160 valence electrons. The van der Waals surface area contributed by atoms with Crippen LogP contribution >= 0.6 is 11.8 Å². The first-order chi connectivity index (χ1) is 14.4. The van der Waals surface area contributed by atoms with Crippen LogP contribution in [-0.4, -0.2) is 57.2 Å². The Balaban J connectivity index is 1.55. The summed E-state index contributed by atoms with van der Waals surface area (Å²) < 4.78 is 39.3. The lowest BCUT2D eigenvalue weighted by Gasteiger charge is -2.29. The number of carbonyl (C=O) groups excluding carboxylic acids is 1. The van der Waals surface area contributed by atoms with Crippen molar-refractivity contribution in [3.8, 4) is 11.5 Å². The maximum absolute atomic E-state index is 13.2. The van der Waals surface area contributed by atoms with Crippen LogP contribution in [0.3, 0.4) is 0 Å². The Bertz CT molecular complexity index is 1060. The Labute approximate surface area is 181 Å². The molecule has 2 heterocycles. The number of carbonyl (C=O) groups is 1. The molecule has 4 rings (SSSR count). The van der Waals surface area contributed by atoms with Crippen molar-refractivity contribution in [2.45, 2.75) is 29.2 Å². The van der Waals surface area contributed by atoms with Gasteiger partial charge in [-0.25, -0.2) is 8.42 Å². The molecule has 2 aromatic rings. The molecule has 0 radical (unpaired) electrons. The van der Waals surface area contributed by atoms with Crippen molar-refractivity contribution < 1.29 is 22.7 Å². The molecule has 0 saturated carbocycles. The maximum atomic E-state index is 13.2. The quantitative estimate of drug-likeness (QED) is 0.716. The molecule has 2 aliphatic rings. The van der Waals surface area contributed by atoms with E-state index in [-0.39, 0.29) is 24.0 Å². The molecule has 0 saturated heterocycles. The van der Waals surface area contributed by atoms with E-state index < -0.39 is 16.1 Å². The molecule has 9 heteroatoms. The van der Waals surface area contributed by atoms with Gasteiger partial charge in [0.1, 0.15) is 12.7 Å². The van der Waals surface area contributed by atoms with Gasteiger partial charge in [-0.3, -0.25) is 4.79 Å². The summed E-state index contributed by atoms with van der Waals surface area (Å²) in [7, 11) is -2.23. The van der Waals surface area contributed by atoms with Crippen LogP contribution in [0.2, 0.25) is 0 Å². The molecule has 0 bridgehead atoms. The fraction of sp³-hybridized carbons (Fsp3) is 0.381. The summed E-state index contributed by atoms with van der Waals surface area (Å²) >= 11 is 1.64. The van der Waals surface area contributed by atoms with Gasteiger partial charge in [0.15, 0.2) is 11.5 Å². The van der Waals surface area contributed by atoms with Crippen LogP contribution < -0.4 is 14.4 Å². The summed E-state index contributed by atoms with van der Waals surface area (Å²) in [5.41, 5.74) is 0.658. The monoisotopic (exact) mass is 448 g/mol. The number of likely N-dealkylation sites (N-methyl/N-ethyl adjacent to an activating group) is 1. The first-order valence-electron chi connectivity index (χ1n) is 9.76. The van der Waals surface area contributed by atoms with Gasteiger partial charge in [0.2, 0.25) is 15.9 Å². The summed E-state index contributed by atoms with van der Waals surface area (Å²) in [6.07, 6.45) is 0.450. The molecule has 1 atom stereocenters. The van der Waals surface area contributed by atoms with Crippen LogP contribution in [-0.2, 0) is 14.8 Å². The van der Waals surface area contributed by atoms with Gasteiger partial charge in [-0.2, -0.15) is 4.31 Å². The second-order valence-electron chi connectivity index (χ2n) is 7.29. The van der Waals surface area contributed by atoms with Crippen LogP contribution in [0.4, 0.5) is 5.69 Å². The zero-order chi connectivity index (χ0) is 21.3. The number of benzene rings is 2. The van der Waals surface area contributed by atoms with Crippen LogP contribution in [0.1, 0.15) is 13.3 Å². The highest BCUT2D eigenvalue weighted by atomic mass is 32.2. The normalized spacial score (nSPS) is 18.6. The van der Waals surface area contributed by atoms with Crippen molar-refractivity contribution in [1.29, 1.82) is 0 Å². The minimum Gasteiger partial charge on any atom is -0.486 e. The van der Waals surface area contributed by atoms with E-state index in [0.29, 0.717) is 23.7 Å². The molecule has 0 aromatic heterocycles. The first-order valence-corrected chi connectivity index (χ1v) is 12.2. The second-order valence-corrected chi connectivity index (χ2v) is 10.5. The number of fused-ring (bicyclic) bond motifs is 2. The number of thioether (sulfide) groups is 1. The molecule has 30 heavy (non-hydrogen) atoms. The fourth-order valence-corrected chi connectivity index (χ4v) is 5.76. The molecule has 1 amide bonds. The van der Waals surface area contributed by atoms with Gasteiger partial charge < -0.3 is 14.4 Å². The molecule has 0 unspecified atom stereocenters. The number of nitrogens with zero attached hydrogens (tertiary/aromatic N) is 2. The second kappa shape index (κ2) is 8.49. The highest BCUT2D eigenvalue weighted by Gasteiger charge is 2.29. The summed E-state index contributed by atoms with van der Waals surface area (Å²) in [5, 5.41) is 0. The highest BCUT2D eigenvalue weighted by Crippen LogP contribution is 2.36. The topological polar surface area (TPSA) is 76.2 Å². The third-order valence-corrected chi connectivity index (χ3v) is 8.09. The minimum absolute atomic E-state index is 0.0897. The third-order valence-electron chi connectivity index (χ3n) is 5.12. The smallest absolute Gasteiger partial charge is 0.243 e. The number of rotatable bonds is 4. The van der Waals surface area contributed by atoms with Gasteiger partial charge in [0, 0.05) is 25.4 Å². The lowest BCUT2D eigenvalue weighted by Crippen LogP contribution is -2.41. The number of hydrogen-bond donors (Lipinski definition) is 0. The zero-order valence-electron chi connectivity index (χ0n) is 16.9. The van der Waals surface area contributed by atoms with Gasteiger partial charge in [-0.1, -0.05) is 12.1 Å². The van der Waals surface area contributed by atoms with E-state index in [2.05, 4.69) is 0 Å². The van der Waals surface area contributed by atoms with E-state index in [1.165, 1.54) is 18.3 Å². The molecule has 0 spiro atoms. The maximum Gasteiger partial charge on any atom is 0.243 e. The molecular weight excluding hydrogens is 424 g/mol. The highest BCUT2D eigenvalue weighted by molar-refractivity contribution is 7.99.